The number of ether oxygens (including phenoxy) is 1. The van der Waals surface area contributed by atoms with E-state index >= 15 is 0 Å². The third kappa shape index (κ3) is 8.51. The summed E-state index contributed by atoms with van der Waals surface area (Å²) in [6, 6.07) is 0. The number of rotatable bonds is 4. The second kappa shape index (κ2) is 7.12. The van der Waals surface area contributed by atoms with Gasteiger partial charge in [-0.3, -0.25) is 0 Å². The minimum absolute atomic E-state index is 0.278. The molecular formula is C12H19ClN2O2. The lowest BCUT2D eigenvalue weighted by Crippen LogP contribution is -2.33. The fourth-order valence-corrected chi connectivity index (χ4v) is 0.879. The van der Waals surface area contributed by atoms with Crippen molar-refractivity contribution in [1.82, 2.24) is 5.01 Å². The number of allylic oxidation sites excluding steroid dienone is 2. The molecule has 0 aromatic heterocycles. The molecule has 0 aromatic carbocycles. The van der Waals surface area contributed by atoms with Gasteiger partial charge in [0.25, 0.3) is 0 Å². The third-order valence-electron chi connectivity index (χ3n) is 1.42. The first-order valence-electron chi connectivity index (χ1n) is 5.24. The molecule has 1 amide bonds. The van der Waals surface area contributed by atoms with E-state index in [2.05, 4.69) is 11.7 Å². The van der Waals surface area contributed by atoms with Crippen molar-refractivity contribution in [3.63, 3.8) is 0 Å². The fraction of sp³-hybridized carbons (Fsp3) is 0.500. The van der Waals surface area contributed by atoms with Crippen LogP contribution in [0.4, 0.5) is 4.79 Å². The largest absolute Gasteiger partial charge is 0.442 e. The van der Waals surface area contributed by atoms with Gasteiger partial charge in [-0.25, -0.2) is 4.79 Å². The van der Waals surface area contributed by atoms with Crippen molar-refractivity contribution in [2.24, 2.45) is 5.10 Å². The molecule has 0 unspecified atom stereocenters. The second-order valence-electron chi connectivity index (χ2n) is 4.37. The van der Waals surface area contributed by atoms with E-state index in [-0.39, 0.29) is 6.54 Å². The Bertz CT molecular complexity index is 326. The van der Waals surface area contributed by atoms with Crippen molar-refractivity contribution >= 4 is 23.9 Å². The smallest absolute Gasteiger partial charge is 0.431 e. The quantitative estimate of drug-likeness (QED) is 0.440. The number of amides is 1. The highest BCUT2D eigenvalue weighted by atomic mass is 35.5. The summed E-state index contributed by atoms with van der Waals surface area (Å²) >= 11 is 5.64. The molecular weight excluding hydrogens is 240 g/mol. The standard InChI is InChI=1S/C12H19ClN2O2/c1-6-9-15(14-8-7-10(2)13)11(16)17-12(3,4)5/h6-8H,1,9H2,2-5H3/b10-7+,14-8-. The van der Waals surface area contributed by atoms with Gasteiger partial charge in [0, 0.05) is 11.2 Å². The van der Waals surface area contributed by atoms with Crippen LogP contribution < -0.4 is 0 Å². The van der Waals surface area contributed by atoms with Crippen LogP contribution in [0.25, 0.3) is 0 Å². The summed E-state index contributed by atoms with van der Waals surface area (Å²) in [5.41, 5.74) is -0.551. The summed E-state index contributed by atoms with van der Waals surface area (Å²) in [6.07, 6.45) is 4.07. The van der Waals surface area contributed by atoms with E-state index in [1.54, 1.807) is 39.8 Å². The molecule has 0 atom stereocenters. The minimum atomic E-state index is -0.551. The third-order valence-corrected chi connectivity index (χ3v) is 1.54. The maximum atomic E-state index is 11.7. The lowest BCUT2D eigenvalue weighted by molar-refractivity contribution is 0.0278. The van der Waals surface area contributed by atoms with E-state index in [9.17, 15) is 4.79 Å². The molecule has 0 fully saturated rings. The molecule has 0 aromatic rings. The summed E-state index contributed by atoms with van der Waals surface area (Å²) in [5, 5.41) is 5.69. The van der Waals surface area contributed by atoms with Crippen LogP contribution in [-0.2, 0) is 4.74 Å². The highest BCUT2D eigenvalue weighted by Crippen LogP contribution is 2.10. The molecule has 0 radical (unpaired) electrons. The van der Waals surface area contributed by atoms with Crippen molar-refractivity contribution in [3.05, 3.63) is 23.8 Å². The van der Waals surface area contributed by atoms with Crippen molar-refractivity contribution in [2.45, 2.75) is 33.3 Å². The van der Waals surface area contributed by atoms with Gasteiger partial charge in [0.2, 0.25) is 0 Å². The van der Waals surface area contributed by atoms with Gasteiger partial charge in [0.1, 0.15) is 5.60 Å². The molecule has 0 heterocycles. The SMILES string of the molecule is C=CCN(/N=C\C=C(/C)Cl)C(=O)OC(C)(C)C. The van der Waals surface area contributed by atoms with E-state index in [1.165, 1.54) is 11.2 Å². The lowest BCUT2D eigenvalue weighted by atomic mass is 10.2. The first kappa shape index (κ1) is 15.7. The molecule has 0 bridgehead atoms. The minimum Gasteiger partial charge on any atom is -0.442 e. The molecule has 96 valence electrons. The Kier molecular flexibility index (Phi) is 6.58. The average molecular weight is 259 g/mol. The predicted octanol–water partition coefficient (Wildman–Crippen LogP) is 3.54. The zero-order valence-corrected chi connectivity index (χ0v) is 11.5. The van der Waals surface area contributed by atoms with Crippen molar-refractivity contribution in [2.75, 3.05) is 6.54 Å². The van der Waals surface area contributed by atoms with Gasteiger partial charge in [0.05, 0.1) is 6.54 Å². The summed E-state index contributed by atoms with van der Waals surface area (Å²) in [7, 11) is 0. The average Bonchev–Trinajstić information content (AvgIpc) is 2.13. The monoisotopic (exact) mass is 258 g/mol. The molecule has 0 aliphatic carbocycles. The summed E-state index contributed by atoms with van der Waals surface area (Å²) in [6.45, 7) is 10.9. The van der Waals surface area contributed by atoms with E-state index in [4.69, 9.17) is 16.3 Å². The van der Waals surface area contributed by atoms with Gasteiger partial charge in [-0.2, -0.15) is 10.1 Å². The molecule has 5 heteroatoms. The number of nitrogens with zero attached hydrogens (tertiary/aromatic N) is 2. The Balaban J connectivity index is 4.62. The van der Waals surface area contributed by atoms with E-state index < -0.39 is 11.7 Å². The van der Waals surface area contributed by atoms with E-state index in [0.29, 0.717) is 5.03 Å². The van der Waals surface area contributed by atoms with Gasteiger partial charge >= 0.3 is 6.09 Å². The summed E-state index contributed by atoms with van der Waals surface area (Å²) in [4.78, 5) is 11.7. The molecule has 0 rings (SSSR count). The number of hydrogen-bond acceptors (Lipinski definition) is 3. The van der Waals surface area contributed by atoms with Gasteiger partial charge in [-0.15, -0.1) is 6.58 Å². The van der Waals surface area contributed by atoms with Gasteiger partial charge < -0.3 is 4.74 Å². The number of halogens is 1. The topological polar surface area (TPSA) is 41.9 Å². The van der Waals surface area contributed by atoms with Crippen LogP contribution in [0, 0.1) is 0 Å². The zero-order chi connectivity index (χ0) is 13.5. The molecule has 0 aliphatic rings. The van der Waals surface area contributed by atoms with Crippen LogP contribution in [0.15, 0.2) is 28.9 Å². The molecule has 0 saturated carbocycles. The van der Waals surface area contributed by atoms with Gasteiger partial charge in [0.15, 0.2) is 0 Å². The normalized spacial score (nSPS) is 12.6. The molecule has 0 saturated heterocycles. The maximum Gasteiger partial charge on any atom is 0.431 e. The van der Waals surface area contributed by atoms with E-state index in [0.717, 1.165) is 0 Å². The van der Waals surface area contributed by atoms with Crippen LogP contribution in [0.3, 0.4) is 0 Å². The molecule has 4 nitrogen and oxygen atoms in total. The Morgan fingerprint density at radius 1 is 1.53 bits per heavy atom. The Morgan fingerprint density at radius 2 is 2.12 bits per heavy atom. The molecule has 0 N–H and O–H groups in total. The first-order valence-corrected chi connectivity index (χ1v) is 5.62. The number of hydrazone groups is 1. The fourth-order valence-electron chi connectivity index (χ4n) is 0.822. The highest BCUT2D eigenvalue weighted by Gasteiger charge is 2.20. The van der Waals surface area contributed by atoms with E-state index in [1.807, 2.05) is 0 Å². The van der Waals surface area contributed by atoms with Crippen LogP contribution in [0.1, 0.15) is 27.7 Å². The highest BCUT2D eigenvalue weighted by molar-refractivity contribution is 6.30. The number of hydrogen-bond donors (Lipinski definition) is 0. The number of carbonyl (C=O) groups excluding carboxylic acids is 1. The Hall–Kier alpha value is -1.29. The van der Waals surface area contributed by atoms with Crippen molar-refractivity contribution in [3.8, 4) is 0 Å². The van der Waals surface area contributed by atoms with Crippen LogP contribution in [-0.4, -0.2) is 29.5 Å². The van der Waals surface area contributed by atoms with Gasteiger partial charge in [-0.1, -0.05) is 17.7 Å². The molecule has 0 aliphatic heterocycles. The second-order valence-corrected chi connectivity index (χ2v) is 4.97. The van der Waals surface area contributed by atoms with Crippen LogP contribution in [0.5, 0.6) is 0 Å². The van der Waals surface area contributed by atoms with Gasteiger partial charge in [-0.05, 0) is 33.8 Å². The predicted molar refractivity (Wildman–Crippen MR) is 71.2 cm³/mol. The van der Waals surface area contributed by atoms with Crippen LogP contribution >= 0.6 is 11.6 Å². The number of carbonyl (C=O) groups is 1. The van der Waals surface area contributed by atoms with Crippen molar-refractivity contribution in [1.29, 1.82) is 0 Å². The lowest BCUT2D eigenvalue weighted by Gasteiger charge is -2.23. The zero-order valence-electron chi connectivity index (χ0n) is 10.7. The maximum absolute atomic E-state index is 11.7. The summed E-state index contributed by atoms with van der Waals surface area (Å²) < 4.78 is 5.18. The summed E-state index contributed by atoms with van der Waals surface area (Å²) in [5.74, 6) is 0. The first-order chi connectivity index (χ1) is 7.76. The van der Waals surface area contributed by atoms with Crippen LogP contribution in [0.2, 0.25) is 0 Å². The van der Waals surface area contributed by atoms with Crippen molar-refractivity contribution < 1.29 is 9.53 Å². The molecule has 17 heavy (non-hydrogen) atoms. The molecule has 0 spiro atoms. The Labute approximate surface area is 108 Å². The Morgan fingerprint density at radius 3 is 2.53 bits per heavy atom.